The number of pyridine rings is 1. The minimum Gasteiger partial charge on any atom is -0.459 e. The van der Waals surface area contributed by atoms with Crippen LogP contribution in [0.5, 0.6) is 0 Å². The van der Waals surface area contributed by atoms with Gasteiger partial charge in [0.25, 0.3) is 5.56 Å². The Bertz CT molecular complexity index is 960. The normalized spacial score (nSPS) is 23.2. The van der Waals surface area contributed by atoms with Gasteiger partial charge in [-0.1, -0.05) is 18.2 Å². The molecule has 0 saturated carbocycles. The minimum absolute atomic E-state index is 0. The lowest BCUT2D eigenvalue weighted by molar-refractivity contribution is -0.00670. The first-order valence-electron chi connectivity index (χ1n) is 11.2. The second-order valence-corrected chi connectivity index (χ2v) is 8.94. The molecule has 2 aliphatic heterocycles. The Hall–Kier alpha value is -1.89. The van der Waals surface area contributed by atoms with E-state index in [1.54, 1.807) is 10.6 Å². The van der Waals surface area contributed by atoms with Crippen molar-refractivity contribution < 1.29 is 14.6 Å². The van der Waals surface area contributed by atoms with Gasteiger partial charge in [0.15, 0.2) is 0 Å². The van der Waals surface area contributed by atoms with Crippen LogP contribution < -0.4 is 5.56 Å². The molecule has 170 valence electrons. The van der Waals surface area contributed by atoms with Crippen LogP contribution in [0.2, 0.25) is 0 Å². The molecular weight excluding hydrogens is 416 g/mol. The molecule has 2 bridgehead atoms. The average Bonchev–Trinajstić information content (AvgIpc) is 2.95. The first-order valence-corrected chi connectivity index (χ1v) is 11.2. The number of esters is 1. The van der Waals surface area contributed by atoms with Crippen LogP contribution in [0.1, 0.15) is 68.8 Å². The summed E-state index contributed by atoms with van der Waals surface area (Å²) in [5.41, 5.74) is 0.682. The van der Waals surface area contributed by atoms with Crippen LogP contribution >= 0.6 is 12.4 Å². The number of rotatable bonds is 7. The molecule has 2 saturated heterocycles. The van der Waals surface area contributed by atoms with Gasteiger partial charge in [-0.05, 0) is 63.6 Å². The van der Waals surface area contributed by atoms with Gasteiger partial charge in [0, 0.05) is 37.6 Å². The van der Waals surface area contributed by atoms with Crippen LogP contribution in [0.15, 0.2) is 35.1 Å². The highest BCUT2D eigenvalue weighted by molar-refractivity contribution is 5.94. The topological polar surface area (TPSA) is 71.8 Å². The average molecular weight is 449 g/mol. The van der Waals surface area contributed by atoms with E-state index in [1.165, 1.54) is 0 Å². The summed E-state index contributed by atoms with van der Waals surface area (Å²) in [6.45, 7) is 5.14. The molecule has 0 amide bonds. The molecule has 1 aromatic carbocycles. The molecule has 4 rings (SSSR count). The van der Waals surface area contributed by atoms with Crippen molar-refractivity contribution in [3.63, 3.8) is 0 Å². The lowest BCUT2D eigenvalue weighted by Crippen LogP contribution is -2.46. The summed E-state index contributed by atoms with van der Waals surface area (Å²) in [6, 6.07) is 10.2. The van der Waals surface area contributed by atoms with Crippen molar-refractivity contribution in [1.82, 2.24) is 9.47 Å². The number of carbonyl (C=O) groups is 1. The number of hydrogen-bond donors (Lipinski definition) is 1. The number of ether oxygens (including phenoxy) is 1. The lowest BCUT2D eigenvalue weighted by atomic mass is 9.99. The highest BCUT2D eigenvalue weighted by atomic mass is 35.5. The Balaban J connectivity index is 0.00000272. The summed E-state index contributed by atoms with van der Waals surface area (Å²) >= 11 is 0. The van der Waals surface area contributed by atoms with Gasteiger partial charge in [-0.25, -0.2) is 4.79 Å². The molecular formula is C24H33ClN2O4. The van der Waals surface area contributed by atoms with Crippen molar-refractivity contribution >= 4 is 29.3 Å². The van der Waals surface area contributed by atoms with Gasteiger partial charge < -0.3 is 14.4 Å². The Kier molecular flexibility index (Phi) is 7.78. The molecule has 3 heterocycles. The molecule has 6 nitrogen and oxygen atoms in total. The zero-order chi connectivity index (χ0) is 21.3. The van der Waals surface area contributed by atoms with E-state index in [2.05, 4.69) is 4.90 Å². The fourth-order valence-corrected chi connectivity index (χ4v) is 5.25. The first-order chi connectivity index (χ1) is 14.5. The number of carbonyl (C=O) groups excluding carboxylic acids is 1. The number of aliphatic hydroxyl groups is 1. The summed E-state index contributed by atoms with van der Waals surface area (Å²) in [4.78, 5) is 28.6. The molecule has 1 N–H and O–H groups in total. The van der Waals surface area contributed by atoms with Gasteiger partial charge in [-0.15, -0.1) is 12.4 Å². The number of halogens is 1. The maximum absolute atomic E-state index is 13.1. The van der Waals surface area contributed by atoms with Crippen LogP contribution in [-0.4, -0.2) is 51.9 Å². The zero-order valence-corrected chi connectivity index (χ0v) is 19.1. The standard InChI is InChI=1S/C24H32N2O4.ClH/c1-16(2)26-22-8-4-3-7-17(22)13-21(23(26)28)24(29)30-20-14-18-9-10-19(15-20)25(18)11-5-6-12-27;/h3-4,7-8,13,16,18-20,27H,5-6,9-12,14-15H2,1-2H3;1H/t18-,19+,20+;. The van der Waals surface area contributed by atoms with Crippen molar-refractivity contribution in [2.24, 2.45) is 0 Å². The van der Waals surface area contributed by atoms with Crippen LogP contribution in [0.4, 0.5) is 0 Å². The fourth-order valence-electron chi connectivity index (χ4n) is 5.25. The number of unbranched alkanes of at least 4 members (excludes halogenated alkanes) is 1. The highest BCUT2D eigenvalue weighted by Gasteiger charge is 2.41. The van der Waals surface area contributed by atoms with E-state index in [0.717, 1.165) is 56.0 Å². The second-order valence-electron chi connectivity index (χ2n) is 8.94. The Morgan fingerprint density at radius 2 is 1.84 bits per heavy atom. The van der Waals surface area contributed by atoms with E-state index in [-0.39, 0.29) is 42.3 Å². The van der Waals surface area contributed by atoms with E-state index in [9.17, 15) is 9.59 Å². The third-order valence-electron chi connectivity index (χ3n) is 6.62. The van der Waals surface area contributed by atoms with Gasteiger partial charge in [0.2, 0.25) is 0 Å². The first kappa shape index (κ1) is 23.8. The number of aliphatic hydroxyl groups excluding tert-OH is 1. The van der Waals surface area contributed by atoms with Gasteiger partial charge >= 0.3 is 5.97 Å². The number of benzene rings is 1. The van der Waals surface area contributed by atoms with Crippen LogP contribution in [0.25, 0.3) is 10.9 Å². The molecule has 0 radical (unpaired) electrons. The van der Waals surface area contributed by atoms with Crippen molar-refractivity contribution in [2.45, 2.75) is 76.6 Å². The van der Waals surface area contributed by atoms with Crippen LogP contribution in [-0.2, 0) is 4.74 Å². The van der Waals surface area contributed by atoms with Crippen molar-refractivity contribution in [1.29, 1.82) is 0 Å². The SMILES string of the molecule is CC(C)n1c(=O)c(C(=O)O[C@H]2C[C@H]3CC[C@@H](C2)N3CCCCO)cc2ccccc21.Cl. The van der Waals surface area contributed by atoms with Gasteiger partial charge in [-0.3, -0.25) is 9.69 Å². The summed E-state index contributed by atoms with van der Waals surface area (Å²) in [5, 5.41) is 9.90. The van der Waals surface area contributed by atoms with Crippen LogP contribution in [0.3, 0.4) is 0 Å². The van der Waals surface area contributed by atoms with E-state index in [0.29, 0.717) is 12.1 Å². The molecule has 0 aliphatic carbocycles. The number of aromatic nitrogens is 1. The summed E-state index contributed by atoms with van der Waals surface area (Å²) in [5.74, 6) is -0.502. The minimum atomic E-state index is -0.502. The van der Waals surface area contributed by atoms with Gasteiger partial charge in [0.05, 0.1) is 5.52 Å². The predicted octanol–water partition coefficient (Wildman–Crippen LogP) is 3.93. The highest BCUT2D eigenvalue weighted by Crippen LogP contribution is 2.37. The van der Waals surface area contributed by atoms with Gasteiger partial charge in [0.1, 0.15) is 11.7 Å². The maximum Gasteiger partial charge on any atom is 0.344 e. The monoisotopic (exact) mass is 448 g/mol. The Morgan fingerprint density at radius 3 is 2.48 bits per heavy atom. The number of hydrogen-bond acceptors (Lipinski definition) is 5. The van der Waals surface area contributed by atoms with Crippen molar-refractivity contribution in [2.75, 3.05) is 13.2 Å². The largest absolute Gasteiger partial charge is 0.459 e. The number of para-hydroxylation sites is 1. The number of piperidine rings is 1. The summed E-state index contributed by atoms with van der Waals surface area (Å²) < 4.78 is 7.56. The lowest BCUT2D eigenvalue weighted by Gasteiger charge is -2.38. The maximum atomic E-state index is 13.1. The van der Waals surface area contributed by atoms with Crippen LogP contribution in [0, 0.1) is 0 Å². The molecule has 31 heavy (non-hydrogen) atoms. The van der Waals surface area contributed by atoms with E-state index in [1.807, 2.05) is 38.1 Å². The second kappa shape index (κ2) is 10.2. The van der Waals surface area contributed by atoms with E-state index in [4.69, 9.17) is 9.84 Å². The van der Waals surface area contributed by atoms with E-state index >= 15 is 0 Å². The Labute approximate surface area is 189 Å². The third kappa shape index (κ3) is 4.81. The quantitative estimate of drug-likeness (QED) is 0.513. The molecule has 1 aromatic heterocycles. The van der Waals surface area contributed by atoms with E-state index < -0.39 is 5.97 Å². The summed E-state index contributed by atoms with van der Waals surface area (Å²) in [6.07, 6.45) is 5.61. The Morgan fingerprint density at radius 1 is 1.16 bits per heavy atom. The zero-order valence-electron chi connectivity index (χ0n) is 18.3. The van der Waals surface area contributed by atoms with Crippen molar-refractivity contribution in [3.8, 4) is 0 Å². The van der Waals surface area contributed by atoms with Gasteiger partial charge in [-0.2, -0.15) is 0 Å². The predicted molar refractivity (Wildman–Crippen MR) is 124 cm³/mol. The molecule has 2 aromatic rings. The molecule has 2 fully saturated rings. The number of fused-ring (bicyclic) bond motifs is 3. The third-order valence-corrected chi connectivity index (χ3v) is 6.62. The molecule has 2 aliphatic rings. The molecule has 0 spiro atoms. The van der Waals surface area contributed by atoms with Crippen molar-refractivity contribution in [3.05, 3.63) is 46.2 Å². The number of nitrogens with zero attached hydrogens (tertiary/aromatic N) is 2. The fraction of sp³-hybridized carbons (Fsp3) is 0.583. The molecule has 7 heteroatoms. The summed E-state index contributed by atoms with van der Waals surface area (Å²) in [7, 11) is 0. The molecule has 3 atom stereocenters. The molecule has 0 unspecified atom stereocenters. The smallest absolute Gasteiger partial charge is 0.344 e.